The highest BCUT2D eigenvalue weighted by molar-refractivity contribution is 6.10. The molecule has 0 radical (unpaired) electrons. The van der Waals surface area contributed by atoms with Crippen molar-refractivity contribution in [1.82, 2.24) is 9.55 Å². The molecule has 0 aliphatic rings. The molecule has 0 aliphatic heterocycles. The van der Waals surface area contributed by atoms with E-state index in [-0.39, 0.29) is 0 Å². The second kappa shape index (κ2) is 9.60. The molecule has 0 amide bonds. The minimum atomic E-state index is 0.852. The molecule has 8 aromatic rings. The van der Waals surface area contributed by atoms with Crippen LogP contribution < -0.4 is 0 Å². The highest BCUT2D eigenvalue weighted by Gasteiger charge is 2.22. The first kappa shape index (κ1) is 24.4. The van der Waals surface area contributed by atoms with Crippen LogP contribution in [0.5, 0.6) is 0 Å². The Balaban J connectivity index is 1.36. The molecular weight excluding hydrogens is 512 g/mol. The number of aryl methyl sites for hydroxylation is 2. The minimum Gasteiger partial charge on any atom is -0.455 e. The number of furan rings is 1. The van der Waals surface area contributed by atoms with Crippen molar-refractivity contribution in [3.05, 3.63) is 145 Å². The van der Waals surface area contributed by atoms with Crippen molar-refractivity contribution >= 4 is 33.0 Å². The number of benzene rings is 6. The van der Waals surface area contributed by atoms with Crippen molar-refractivity contribution in [2.24, 2.45) is 0 Å². The quantitative estimate of drug-likeness (QED) is 0.222. The number of rotatable bonds is 4. The van der Waals surface area contributed by atoms with E-state index in [2.05, 4.69) is 146 Å². The third kappa shape index (κ3) is 3.86. The molecule has 8 rings (SSSR count). The van der Waals surface area contributed by atoms with Crippen LogP contribution >= 0.6 is 0 Å². The monoisotopic (exact) mass is 540 g/mol. The predicted octanol–water partition coefficient (Wildman–Crippen LogP) is 10.5. The van der Waals surface area contributed by atoms with Gasteiger partial charge in [0.1, 0.15) is 17.0 Å². The van der Waals surface area contributed by atoms with E-state index in [1.807, 2.05) is 6.07 Å². The molecule has 0 spiro atoms. The summed E-state index contributed by atoms with van der Waals surface area (Å²) < 4.78 is 8.98. The van der Waals surface area contributed by atoms with E-state index >= 15 is 0 Å². The first-order chi connectivity index (χ1) is 20.7. The molecule has 0 saturated heterocycles. The van der Waals surface area contributed by atoms with Gasteiger partial charge in [0.25, 0.3) is 0 Å². The zero-order valence-electron chi connectivity index (χ0n) is 23.5. The SMILES string of the molecule is Cc1cc(-c2ccccc2)cc(C)c1-n1c(-c2cccc3c2oc2cc(-c4ccccc4)ccc23)nc2ccccc21. The number of aromatic nitrogens is 2. The van der Waals surface area contributed by atoms with Crippen LogP contribution in [0.3, 0.4) is 0 Å². The Morgan fingerprint density at radius 2 is 1.21 bits per heavy atom. The van der Waals surface area contributed by atoms with Crippen molar-refractivity contribution in [3.8, 4) is 39.3 Å². The number of hydrogen-bond acceptors (Lipinski definition) is 2. The Labute approximate surface area is 244 Å². The molecule has 0 atom stereocenters. The summed E-state index contributed by atoms with van der Waals surface area (Å²) in [5.74, 6) is 0.878. The Bertz CT molecular complexity index is 2230. The zero-order chi connectivity index (χ0) is 28.2. The van der Waals surface area contributed by atoms with E-state index in [1.54, 1.807) is 0 Å². The molecule has 3 nitrogen and oxygen atoms in total. The van der Waals surface area contributed by atoms with Gasteiger partial charge in [0.15, 0.2) is 0 Å². The fourth-order valence-electron chi connectivity index (χ4n) is 6.32. The summed E-state index contributed by atoms with van der Waals surface area (Å²) >= 11 is 0. The highest BCUT2D eigenvalue weighted by atomic mass is 16.3. The minimum absolute atomic E-state index is 0.852. The molecule has 0 bridgehead atoms. The molecule has 2 heterocycles. The van der Waals surface area contributed by atoms with Gasteiger partial charge < -0.3 is 4.42 Å². The fraction of sp³-hybridized carbons (Fsp3) is 0.0513. The average molecular weight is 541 g/mol. The summed E-state index contributed by atoms with van der Waals surface area (Å²) in [5, 5.41) is 2.20. The maximum Gasteiger partial charge on any atom is 0.149 e. The normalized spacial score (nSPS) is 11.6. The molecule has 42 heavy (non-hydrogen) atoms. The molecule has 0 fully saturated rings. The number of imidazole rings is 1. The van der Waals surface area contributed by atoms with Gasteiger partial charge in [-0.15, -0.1) is 0 Å². The highest BCUT2D eigenvalue weighted by Crippen LogP contribution is 2.40. The predicted molar refractivity (Wildman–Crippen MR) is 174 cm³/mol. The Kier molecular flexibility index (Phi) is 5.58. The van der Waals surface area contributed by atoms with Gasteiger partial charge >= 0.3 is 0 Å². The van der Waals surface area contributed by atoms with Crippen molar-refractivity contribution < 1.29 is 4.42 Å². The van der Waals surface area contributed by atoms with Gasteiger partial charge in [-0.2, -0.15) is 0 Å². The second-order valence-electron chi connectivity index (χ2n) is 10.9. The molecular formula is C39H28N2O. The van der Waals surface area contributed by atoms with Crippen LogP contribution in [-0.2, 0) is 0 Å². The standard InChI is InChI=1S/C39H28N2O/c1-25-22-30(28-14-7-4-8-15-28)23-26(2)37(25)41-35-19-10-9-18-34(35)40-39(41)33-17-11-16-32-31-21-20-29(24-36(31)42-38(32)33)27-12-5-3-6-13-27/h3-24H,1-2H3. The van der Waals surface area contributed by atoms with Gasteiger partial charge in [-0.05, 0) is 89.7 Å². The third-order valence-corrected chi connectivity index (χ3v) is 8.23. The number of fused-ring (bicyclic) bond motifs is 4. The summed E-state index contributed by atoms with van der Waals surface area (Å²) in [6, 6.07) is 46.8. The van der Waals surface area contributed by atoms with Gasteiger partial charge in [-0.25, -0.2) is 4.98 Å². The second-order valence-corrected chi connectivity index (χ2v) is 10.9. The van der Waals surface area contributed by atoms with Crippen molar-refractivity contribution in [1.29, 1.82) is 0 Å². The van der Waals surface area contributed by atoms with E-state index in [0.29, 0.717) is 0 Å². The van der Waals surface area contributed by atoms with Gasteiger partial charge in [0, 0.05) is 10.8 Å². The largest absolute Gasteiger partial charge is 0.455 e. The number of hydrogen-bond donors (Lipinski definition) is 0. The Morgan fingerprint density at radius 3 is 1.95 bits per heavy atom. The van der Waals surface area contributed by atoms with Crippen molar-refractivity contribution in [2.75, 3.05) is 0 Å². The van der Waals surface area contributed by atoms with Gasteiger partial charge in [0.2, 0.25) is 0 Å². The van der Waals surface area contributed by atoms with Crippen molar-refractivity contribution in [3.63, 3.8) is 0 Å². The van der Waals surface area contributed by atoms with E-state index in [0.717, 1.165) is 55.6 Å². The Morgan fingerprint density at radius 1 is 0.548 bits per heavy atom. The summed E-state index contributed by atoms with van der Waals surface area (Å²) in [6.45, 7) is 4.39. The maximum absolute atomic E-state index is 6.67. The molecule has 0 aliphatic carbocycles. The zero-order valence-corrected chi connectivity index (χ0v) is 23.5. The molecule has 6 aromatic carbocycles. The number of nitrogens with zero attached hydrogens (tertiary/aromatic N) is 2. The molecule has 2 aromatic heterocycles. The molecule has 3 heteroatoms. The fourth-order valence-corrected chi connectivity index (χ4v) is 6.32. The average Bonchev–Trinajstić information content (AvgIpc) is 3.60. The van der Waals surface area contributed by atoms with Crippen LogP contribution in [0.1, 0.15) is 11.1 Å². The van der Waals surface area contributed by atoms with Crippen LogP contribution in [0.4, 0.5) is 0 Å². The lowest BCUT2D eigenvalue weighted by Crippen LogP contribution is -2.03. The Hall–Kier alpha value is -5.41. The van der Waals surface area contributed by atoms with E-state index < -0.39 is 0 Å². The summed E-state index contributed by atoms with van der Waals surface area (Å²) in [4.78, 5) is 5.21. The lowest BCUT2D eigenvalue weighted by Gasteiger charge is -2.17. The smallest absolute Gasteiger partial charge is 0.149 e. The lowest BCUT2D eigenvalue weighted by atomic mass is 9.98. The van der Waals surface area contributed by atoms with E-state index in [1.165, 1.54) is 27.8 Å². The maximum atomic E-state index is 6.67. The summed E-state index contributed by atoms with van der Waals surface area (Å²) in [5.41, 5.74) is 13.0. The van der Waals surface area contributed by atoms with Gasteiger partial charge in [-0.3, -0.25) is 4.57 Å². The van der Waals surface area contributed by atoms with E-state index in [9.17, 15) is 0 Å². The lowest BCUT2D eigenvalue weighted by molar-refractivity contribution is 0.669. The number of para-hydroxylation sites is 3. The summed E-state index contributed by atoms with van der Waals surface area (Å²) in [6.07, 6.45) is 0. The van der Waals surface area contributed by atoms with Crippen LogP contribution in [0, 0.1) is 13.8 Å². The van der Waals surface area contributed by atoms with Crippen LogP contribution in [0.15, 0.2) is 138 Å². The van der Waals surface area contributed by atoms with Crippen LogP contribution in [0.2, 0.25) is 0 Å². The molecule has 0 unspecified atom stereocenters. The van der Waals surface area contributed by atoms with E-state index in [4.69, 9.17) is 9.40 Å². The summed E-state index contributed by atoms with van der Waals surface area (Å²) in [7, 11) is 0. The van der Waals surface area contributed by atoms with Crippen LogP contribution in [-0.4, -0.2) is 9.55 Å². The van der Waals surface area contributed by atoms with Crippen molar-refractivity contribution in [2.45, 2.75) is 13.8 Å². The first-order valence-electron chi connectivity index (χ1n) is 14.3. The molecule has 0 saturated carbocycles. The third-order valence-electron chi connectivity index (χ3n) is 8.23. The topological polar surface area (TPSA) is 31.0 Å². The van der Waals surface area contributed by atoms with Crippen LogP contribution in [0.25, 0.3) is 72.3 Å². The molecule has 0 N–H and O–H groups in total. The molecule has 200 valence electrons. The first-order valence-corrected chi connectivity index (χ1v) is 14.3. The van der Waals surface area contributed by atoms with Gasteiger partial charge in [0.05, 0.1) is 22.3 Å². The van der Waals surface area contributed by atoms with Gasteiger partial charge in [-0.1, -0.05) is 91.0 Å².